The van der Waals surface area contributed by atoms with Gasteiger partial charge < -0.3 is 16.0 Å². The van der Waals surface area contributed by atoms with Gasteiger partial charge in [-0.2, -0.15) is 0 Å². The minimum absolute atomic E-state index is 0.103. The van der Waals surface area contributed by atoms with E-state index in [2.05, 4.69) is 12.2 Å². The summed E-state index contributed by atoms with van der Waals surface area (Å²) in [6.07, 6.45) is 6.57. The van der Waals surface area contributed by atoms with Crippen LogP contribution < -0.4 is 11.1 Å². The molecule has 94 valence electrons. The maximum Gasteiger partial charge on any atom is 0.317 e. The summed E-state index contributed by atoms with van der Waals surface area (Å²) < 4.78 is 0. The number of unbranched alkanes of at least 4 members (excludes halogenated alkanes) is 1. The minimum Gasteiger partial charge on any atom is -0.338 e. The normalized spacial score (nSPS) is 20.9. The first kappa shape index (κ1) is 13.3. The van der Waals surface area contributed by atoms with Gasteiger partial charge in [0.1, 0.15) is 0 Å². The van der Waals surface area contributed by atoms with Crippen LogP contribution in [0.3, 0.4) is 0 Å². The monoisotopic (exact) mass is 227 g/mol. The van der Waals surface area contributed by atoms with Crippen LogP contribution in [0.1, 0.15) is 45.4 Å². The summed E-state index contributed by atoms with van der Waals surface area (Å²) in [4.78, 5) is 13.9. The van der Waals surface area contributed by atoms with Crippen molar-refractivity contribution in [1.29, 1.82) is 0 Å². The van der Waals surface area contributed by atoms with Crippen LogP contribution in [0.25, 0.3) is 0 Å². The predicted octanol–water partition coefficient (Wildman–Crippen LogP) is 1.70. The van der Waals surface area contributed by atoms with E-state index in [1.165, 1.54) is 6.42 Å². The van der Waals surface area contributed by atoms with E-state index in [1.807, 2.05) is 4.90 Å². The maximum absolute atomic E-state index is 11.9. The summed E-state index contributed by atoms with van der Waals surface area (Å²) in [7, 11) is 0. The number of nitrogens with two attached hydrogens (primary N) is 1. The number of urea groups is 1. The molecule has 0 bridgehead atoms. The third-order valence-corrected chi connectivity index (χ3v) is 3.19. The quantitative estimate of drug-likeness (QED) is 0.702. The standard InChI is InChI=1S/C12H25N3O/c1-2-3-9-14-12(16)15-10-5-4-6-11(15)7-8-13/h11H,2-10,13H2,1H3,(H,14,16). The molecule has 0 aliphatic carbocycles. The molecule has 1 saturated heterocycles. The van der Waals surface area contributed by atoms with Gasteiger partial charge >= 0.3 is 6.03 Å². The molecule has 1 atom stereocenters. The summed E-state index contributed by atoms with van der Waals surface area (Å²) in [5, 5.41) is 2.99. The van der Waals surface area contributed by atoms with Gasteiger partial charge in [-0.3, -0.25) is 0 Å². The summed E-state index contributed by atoms with van der Waals surface area (Å²) in [6, 6.07) is 0.465. The molecule has 0 radical (unpaired) electrons. The number of nitrogens with zero attached hydrogens (tertiary/aromatic N) is 1. The Morgan fingerprint density at radius 3 is 3.00 bits per heavy atom. The molecule has 1 fully saturated rings. The van der Waals surface area contributed by atoms with Gasteiger partial charge in [-0.25, -0.2) is 4.79 Å². The molecule has 0 aromatic heterocycles. The molecule has 0 saturated carbocycles. The van der Waals surface area contributed by atoms with Crippen molar-refractivity contribution in [3.63, 3.8) is 0 Å². The number of hydrogen-bond donors (Lipinski definition) is 2. The lowest BCUT2D eigenvalue weighted by molar-refractivity contribution is 0.147. The van der Waals surface area contributed by atoms with Crippen molar-refractivity contribution in [2.75, 3.05) is 19.6 Å². The molecule has 1 rings (SSSR count). The molecule has 1 heterocycles. The number of carbonyl (C=O) groups excluding carboxylic acids is 1. The first-order chi connectivity index (χ1) is 7.79. The van der Waals surface area contributed by atoms with E-state index >= 15 is 0 Å². The van der Waals surface area contributed by atoms with Crippen molar-refractivity contribution >= 4 is 6.03 Å². The predicted molar refractivity (Wildman–Crippen MR) is 66.3 cm³/mol. The van der Waals surface area contributed by atoms with E-state index in [9.17, 15) is 4.79 Å². The van der Waals surface area contributed by atoms with Crippen LogP contribution in [-0.2, 0) is 0 Å². The van der Waals surface area contributed by atoms with Crippen molar-refractivity contribution in [2.24, 2.45) is 5.73 Å². The summed E-state index contributed by atoms with van der Waals surface area (Å²) in [6.45, 7) is 4.48. The number of piperidine rings is 1. The zero-order chi connectivity index (χ0) is 11.8. The van der Waals surface area contributed by atoms with Gasteiger partial charge in [0.2, 0.25) is 0 Å². The van der Waals surface area contributed by atoms with Gasteiger partial charge in [0.15, 0.2) is 0 Å². The Morgan fingerprint density at radius 1 is 1.50 bits per heavy atom. The number of hydrogen-bond acceptors (Lipinski definition) is 2. The lowest BCUT2D eigenvalue weighted by Gasteiger charge is -2.35. The van der Waals surface area contributed by atoms with Crippen molar-refractivity contribution in [3.8, 4) is 0 Å². The van der Waals surface area contributed by atoms with Gasteiger partial charge in [0, 0.05) is 19.1 Å². The van der Waals surface area contributed by atoms with Crippen LogP contribution in [0, 0.1) is 0 Å². The molecule has 0 aromatic rings. The number of nitrogens with one attached hydrogen (secondary N) is 1. The number of carbonyl (C=O) groups is 1. The summed E-state index contributed by atoms with van der Waals surface area (Å²) in [5.74, 6) is 0. The van der Waals surface area contributed by atoms with E-state index < -0.39 is 0 Å². The van der Waals surface area contributed by atoms with Crippen molar-refractivity contribution in [1.82, 2.24) is 10.2 Å². The lowest BCUT2D eigenvalue weighted by Crippen LogP contribution is -2.49. The average Bonchev–Trinajstić information content (AvgIpc) is 2.30. The molecule has 1 unspecified atom stereocenters. The second kappa shape index (κ2) is 7.49. The topological polar surface area (TPSA) is 58.4 Å². The Bertz CT molecular complexity index is 206. The van der Waals surface area contributed by atoms with Gasteiger partial charge in [-0.15, -0.1) is 0 Å². The highest BCUT2D eigenvalue weighted by molar-refractivity contribution is 5.74. The summed E-state index contributed by atoms with van der Waals surface area (Å²) >= 11 is 0. The molecule has 1 aliphatic rings. The molecule has 2 amide bonds. The maximum atomic E-state index is 11.9. The number of likely N-dealkylation sites (tertiary alicyclic amines) is 1. The molecule has 16 heavy (non-hydrogen) atoms. The lowest BCUT2D eigenvalue weighted by atomic mass is 10.00. The second-order valence-electron chi connectivity index (χ2n) is 4.51. The van der Waals surface area contributed by atoms with Crippen molar-refractivity contribution < 1.29 is 4.79 Å². The van der Waals surface area contributed by atoms with Crippen LogP contribution in [0.2, 0.25) is 0 Å². The average molecular weight is 227 g/mol. The fourth-order valence-electron chi connectivity index (χ4n) is 2.23. The second-order valence-corrected chi connectivity index (χ2v) is 4.51. The van der Waals surface area contributed by atoms with Crippen molar-refractivity contribution in [3.05, 3.63) is 0 Å². The molecule has 4 nitrogen and oxygen atoms in total. The SMILES string of the molecule is CCCCNC(=O)N1CCCCC1CCN. The molecule has 3 N–H and O–H groups in total. The largest absolute Gasteiger partial charge is 0.338 e. The molecule has 0 aromatic carbocycles. The molecular weight excluding hydrogens is 202 g/mol. The summed E-state index contributed by atoms with van der Waals surface area (Å²) in [5.41, 5.74) is 5.59. The van der Waals surface area contributed by atoms with E-state index in [0.29, 0.717) is 12.6 Å². The smallest absolute Gasteiger partial charge is 0.317 e. The third-order valence-electron chi connectivity index (χ3n) is 3.19. The third kappa shape index (κ3) is 4.00. The number of amides is 2. The fraction of sp³-hybridized carbons (Fsp3) is 0.917. The highest BCUT2D eigenvalue weighted by Gasteiger charge is 2.25. The first-order valence-corrected chi connectivity index (χ1v) is 6.54. The van der Waals surface area contributed by atoms with E-state index in [4.69, 9.17) is 5.73 Å². The van der Waals surface area contributed by atoms with E-state index in [1.54, 1.807) is 0 Å². The van der Waals surface area contributed by atoms with Crippen molar-refractivity contribution in [2.45, 2.75) is 51.5 Å². The molecule has 0 spiro atoms. The van der Waals surface area contributed by atoms with E-state index in [-0.39, 0.29) is 6.03 Å². The van der Waals surface area contributed by atoms with Gasteiger partial charge in [-0.1, -0.05) is 13.3 Å². The van der Waals surface area contributed by atoms with Crippen LogP contribution in [-0.4, -0.2) is 36.6 Å². The Hall–Kier alpha value is -0.770. The molecule has 1 aliphatic heterocycles. The van der Waals surface area contributed by atoms with Crippen LogP contribution in [0.15, 0.2) is 0 Å². The van der Waals surface area contributed by atoms with Crippen LogP contribution in [0.4, 0.5) is 4.79 Å². The van der Waals surface area contributed by atoms with Gasteiger partial charge in [0.25, 0.3) is 0 Å². The zero-order valence-electron chi connectivity index (χ0n) is 10.4. The highest BCUT2D eigenvalue weighted by Crippen LogP contribution is 2.19. The molecule has 4 heteroatoms. The first-order valence-electron chi connectivity index (χ1n) is 6.54. The Kier molecular flexibility index (Phi) is 6.23. The van der Waals surface area contributed by atoms with Crippen LogP contribution in [0.5, 0.6) is 0 Å². The zero-order valence-corrected chi connectivity index (χ0v) is 10.4. The van der Waals surface area contributed by atoms with Gasteiger partial charge in [0.05, 0.1) is 0 Å². The van der Waals surface area contributed by atoms with Gasteiger partial charge in [-0.05, 0) is 38.6 Å². The van der Waals surface area contributed by atoms with E-state index in [0.717, 1.165) is 45.2 Å². The Labute approximate surface area is 98.6 Å². The Balaban J connectivity index is 2.37. The number of rotatable bonds is 5. The highest BCUT2D eigenvalue weighted by atomic mass is 16.2. The molecular formula is C12H25N3O. The minimum atomic E-state index is 0.103. The van der Waals surface area contributed by atoms with Crippen LogP contribution >= 0.6 is 0 Å². The Morgan fingerprint density at radius 2 is 2.31 bits per heavy atom. The fourth-order valence-corrected chi connectivity index (χ4v) is 2.23.